The van der Waals surface area contributed by atoms with E-state index < -0.39 is 5.91 Å². The van der Waals surface area contributed by atoms with E-state index in [1.54, 1.807) is 0 Å². The predicted molar refractivity (Wildman–Crippen MR) is 113 cm³/mol. The highest BCUT2D eigenvalue weighted by molar-refractivity contribution is 6.01. The molecule has 3 aliphatic rings. The molecular formula is C23H30N4O. The van der Waals surface area contributed by atoms with Crippen molar-refractivity contribution < 1.29 is 4.79 Å². The Morgan fingerprint density at radius 1 is 1.14 bits per heavy atom. The molecule has 2 heterocycles. The molecule has 1 aromatic carbocycles. The quantitative estimate of drug-likeness (QED) is 0.855. The second-order valence-electron chi connectivity index (χ2n) is 9.13. The number of nitrogens with two attached hydrogens (primary N) is 1. The van der Waals surface area contributed by atoms with Crippen LogP contribution in [0.5, 0.6) is 0 Å². The molecule has 1 saturated heterocycles. The summed E-state index contributed by atoms with van der Waals surface area (Å²) < 4.78 is 0. The molecule has 3 fully saturated rings. The van der Waals surface area contributed by atoms with Crippen molar-refractivity contribution in [3.8, 4) is 0 Å². The van der Waals surface area contributed by atoms with E-state index >= 15 is 0 Å². The van der Waals surface area contributed by atoms with Gasteiger partial charge in [-0.25, -0.2) is 4.98 Å². The molecule has 2 aliphatic carbocycles. The van der Waals surface area contributed by atoms with Gasteiger partial charge in [0.05, 0.1) is 11.1 Å². The van der Waals surface area contributed by atoms with Crippen molar-refractivity contribution in [2.45, 2.75) is 57.5 Å². The number of hydrogen-bond donors (Lipinski definition) is 2. The molecule has 148 valence electrons. The average Bonchev–Trinajstić information content (AvgIpc) is 3.30. The number of aryl methyl sites for hydroxylation is 1. The van der Waals surface area contributed by atoms with Crippen LogP contribution in [-0.4, -0.2) is 36.1 Å². The molecule has 5 heteroatoms. The van der Waals surface area contributed by atoms with Crippen molar-refractivity contribution in [1.82, 2.24) is 10.3 Å². The minimum Gasteiger partial charge on any atom is -0.365 e. The third-order valence-corrected chi connectivity index (χ3v) is 7.20. The van der Waals surface area contributed by atoms with Gasteiger partial charge in [0.15, 0.2) is 0 Å². The zero-order valence-corrected chi connectivity index (χ0v) is 16.7. The molecule has 0 radical (unpaired) electrons. The number of aromatic nitrogens is 1. The van der Waals surface area contributed by atoms with Gasteiger partial charge in [-0.2, -0.15) is 0 Å². The van der Waals surface area contributed by atoms with E-state index in [0.717, 1.165) is 66.1 Å². The van der Waals surface area contributed by atoms with Gasteiger partial charge in [-0.3, -0.25) is 4.79 Å². The van der Waals surface area contributed by atoms with Crippen LogP contribution >= 0.6 is 0 Å². The molecule has 5 nitrogen and oxygen atoms in total. The second kappa shape index (κ2) is 7.03. The van der Waals surface area contributed by atoms with E-state index in [0.29, 0.717) is 11.6 Å². The Labute approximate surface area is 166 Å². The van der Waals surface area contributed by atoms with Crippen molar-refractivity contribution >= 4 is 22.6 Å². The summed E-state index contributed by atoms with van der Waals surface area (Å²) >= 11 is 0. The number of hydrogen-bond acceptors (Lipinski definition) is 4. The minimum absolute atomic E-state index is 0.395. The van der Waals surface area contributed by atoms with E-state index in [4.69, 9.17) is 10.7 Å². The number of rotatable bonds is 4. The van der Waals surface area contributed by atoms with Gasteiger partial charge in [0.25, 0.3) is 5.91 Å². The lowest BCUT2D eigenvalue weighted by Gasteiger charge is -2.36. The number of anilines is 1. The van der Waals surface area contributed by atoms with E-state index in [9.17, 15) is 4.79 Å². The molecule has 2 bridgehead atoms. The number of benzene rings is 1. The number of primary amides is 1. The fraction of sp³-hybridized carbons (Fsp3) is 0.565. The highest BCUT2D eigenvalue weighted by atomic mass is 16.1. The molecule has 1 aromatic heterocycles. The maximum Gasteiger partial charge on any atom is 0.252 e. The first-order valence-corrected chi connectivity index (χ1v) is 10.8. The third kappa shape index (κ3) is 3.26. The van der Waals surface area contributed by atoms with Crippen LogP contribution in [-0.2, 0) is 0 Å². The van der Waals surface area contributed by atoms with E-state index in [2.05, 4.69) is 22.3 Å². The van der Waals surface area contributed by atoms with Crippen LogP contribution in [0, 0.1) is 18.8 Å². The van der Waals surface area contributed by atoms with Gasteiger partial charge in [-0.1, -0.05) is 18.1 Å². The Balaban J connectivity index is 1.31. The van der Waals surface area contributed by atoms with Crippen LogP contribution in [0.3, 0.4) is 0 Å². The minimum atomic E-state index is -0.395. The smallest absolute Gasteiger partial charge is 0.252 e. The summed E-state index contributed by atoms with van der Waals surface area (Å²) in [6, 6.07) is 9.38. The molecule has 1 aliphatic heterocycles. The predicted octanol–water partition coefficient (Wildman–Crippen LogP) is 3.39. The molecule has 2 saturated carbocycles. The zero-order chi connectivity index (χ0) is 19.3. The normalized spacial score (nSPS) is 27.6. The Kier molecular flexibility index (Phi) is 4.50. The van der Waals surface area contributed by atoms with Crippen molar-refractivity contribution in [1.29, 1.82) is 0 Å². The topological polar surface area (TPSA) is 71.2 Å². The number of fused-ring (bicyclic) bond motifs is 3. The molecule has 3 atom stereocenters. The summed E-state index contributed by atoms with van der Waals surface area (Å²) in [7, 11) is 0. The lowest BCUT2D eigenvalue weighted by Crippen LogP contribution is -2.48. The number of carbonyl (C=O) groups excluding carboxylic acids is 1. The van der Waals surface area contributed by atoms with Crippen LogP contribution in [0.15, 0.2) is 24.3 Å². The lowest BCUT2D eigenvalue weighted by atomic mass is 9.93. The maximum atomic E-state index is 12.1. The highest BCUT2D eigenvalue weighted by Gasteiger charge is 2.40. The van der Waals surface area contributed by atoms with Gasteiger partial charge in [-0.15, -0.1) is 0 Å². The molecule has 3 N–H and O–H groups in total. The molecule has 0 spiro atoms. The van der Waals surface area contributed by atoms with Crippen LogP contribution in [0.1, 0.15) is 54.4 Å². The summed E-state index contributed by atoms with van der Waals surface area (Å²) in [5.41, 5.74) is 8.32. The summed E-state index contributed by atoms with van der Waals surface area (Å²) in [5, 5.41) is 4.93. The van der Waals surface area contributed by atoms with Crippen molar-refractivity contribution in [3.63, 3.8) is 0 Å². The van der Waals surface area contributed by atoms with Crippen LogP contribution in [0.25, 0.3) is 10.9 Å². The average molecular weight is 379 g/mol. The van der Waals surface area contributed by atoms with Crippen LogP contribution < -0.4 is 16.0 Å². The van der Waals surface area contributed by atoms with Gasteiger partial charge in [0.2, 0.25) is 0 Å². The van der Waals surface area contributed by atoms with Crippen molar-refractivity contribution in [2.75, 3.05) is 18.0 Å². The summed E-state index contributed by atoms with van der Waals surface area (Å²) in [4.78, 5) is 19.2. The molecule has 5 rings (SSSR count). The number of nitrogens with one attached hydrogen (secondary N) is 1. The fourth-order valence-corrected chi connectivity index (χ4v) is 5.72. The van der Waals surface area contributed by atoms with Gasteiger partial charge < -0.3 is 16.0 Å². The SMILES string of the molecule is Cc1ccc2nc(N3CCC(NC4CC5CCC4C5)CC3)c(C(N)=O)cc2c1. The molecule has 3 unspecified atom stereocenters. The number of carbonyl (C=O) groups is 1. The van der Waals surface area contributed by atoms with Gasteiger partial charge in [-0.05, 0) is 69.1 Å². The first kappa shape index (κ1) is 17.9. The van der Waals surface area contributed by atoms with Crippen molar-refractivity contribution in [3.05, 3.63) is 35.4 Å². The van der Waals surface area contributed by atoms with E-state index in [1.165, 1.54) is 25.7 Å². The molecular weight excluding hydrogens is 348 g/mol. The first-order valence-electron chi connectivity index (χ1n) is 10.8. The number of piperidine rings is 1. The lowest BCUT2D eigenvalue weighted by molar-refractivity contribution is 0.100. The summed E-state index contributed by atoms with van der Waals surface area (Å²) in [6.07, 6.45) is 7.88. The monoisotopic (exact) mass is 378 g/mol. The number of pyridine rings is 1. The molecule has 1 amide bonds. The van der Waals surface area contributed by atoms with Gasteiger partial charge in [0, 0.05) is 30.6 Å². The van der Waals surface area contributed by atoms with Crippen LogP contribution in [0.2, 0.25) is 0 Å². The van der Waals surface area contributed by atoms with Gasteiger partial charge >= 0.3 is 0 Å². The second-order valence-corrected chi connectivity index (χ2v) is 9.13. The Morgan fingerprint density at radius 2 is 1.96 bits per heavy atom. The number of nitrogens with zero attached hydrogens (tertiary/aromatic N) is 2. The van der Waals surface area contributed by atoms with Crippen LogP contribution in [0.4, 0.5) is 5.82 Å². The zero-order valence-electron chi connectivity index (χ0n) is 16.7. The third-order valence-electron chi connectivity index (χ3n) is 7.20. The standard InChI is InChI=1S/C23H30N4O/c1-14-2-5-20-17(10-14)13-19(22(24)28)23(26-20)27-8-6-18(7-9-27)25-21-12-15-3-4-16(21)11-15/h2,5,10,13,15-16,18,21,25H,3-4,6-9,11-12H2,1H3,(H2,24,28). The molecule has 28 heavy (non-hydrogen) atoms. The highest BCUT2D eigenvalue weighted by Crippen LogP contribution is 2.44. The van der Waals surface area contributed by atoms with Crippen molar-refractivity contribution in [2.24, 2.45) is 17.6 Å². The van der Waals surface area contributed by atoms with E-state index in [-0.39, 0.29) is 0 Å². The molecule has 2 aromatic rings. The van der Waals surface area contributed by atoms with E-state index in [1.807, 2.05) is 19.1 Å². The Morgan fingerprint density at radius 3 is 2.64 bits per heavy atom. The maximum absolute atomic E-state index is 12.1. The van der Waals surface area contributed by atoms with Gasteiger partial charge in [0.1, 0.15) is 5.82 Å². The first-order chi connectivity index (χ1) is 13.6. The largest absolute Gasteiger partial charge is 0.365 e. The summed E-state index contributed by atoms with van der Waals surface area (Å²) in [6.45, 7) is 3.89. The number of amides is 1. The Bertz CT molecular complexity index is 903. The summed E-state index contributed by atoms with van der Waals surface area (Å²) in [5.74, 6) is 2.25. The fourth-order valence-electron chi connectivity index (χ4n) is 5.72. The Hall–Kier alpha value is -2.14.